The first-order valence-corrected chi connectivity index (χ1v) is 9.94. The summed E-state index contributed by atoms with van der Waals surface area (Å²) in [6, 6.07) is 12.7. The number of carbonyl (C=O) groups excluding carboxylic acids is 1. The average Bonchev–Trinajstić information content (AvgIpc) is 3.16. The second-order valence-electron chi connectivity index (χ2n) is 6.76. The number of hydrogen-bond donors (Lipinski definition) is 2. The smallest absolute Gasteiger partial charge is 0.422 e. The molecule has 172 valence electrons. The van der Waals surface area contributed by atoms with Gasteiger partial charge < -0.3 is 14.8 Å². The molecular weight excluding hydrogens is 459 g/mol. The number of carbonyl (C=O) groups is 1. The first kappa shape index (κ1) is 23.8. The first-order chi connectivity index (χ1) is 15.7. The van der Waals surface area contributed by atoms with Crippen LogP contribution in [0.5, 0.6) is 11.5 Å². The molecule has 0 unspecified atom stereocenters. The van der Waals surface area contributed by atoms with Gasteiger partial charge in [-0.25, -0.2) is 0 Å². The fourth-order valence-electron chi connectivity index (χ4n) is 2.90. The van der Waals surface area contributed by atoms with Gasteiger partial charge in [0.25, 0.3) is 0 Å². The summed E-state index contributed by atoms with van der Waals surface area (Å²) in [6.07, 6.45) is -4.50. The van der Waals surface area contributed by atoms with Gasteiger partial charge in [-0.15, -0.1) is 0 Å². The summed E-state index contributed by atoms with van der Waals surface area (Å²) in [7, 11) is 1.56. The van der Waals surface area contributed by atoms with Crippen molar-refractivity contribution in [3.63, 3.8) is 0 Å². The molecule has 1 heterocycles. The van der Waals surface area contributed by atoms with E-state index in [-0.39, 0.29) is 35.9 Å². The Balaban J connectivity index is 1.66. The van der Waals surface area contributed by atoms with Crippen LogP contribution in [0.4, 0.5) is 18.9 Å². The molecule has 0 fully saturated rings. The minimum absolute atomic E-state index is 0.0329. The van der Waals surface area contributed by atoms with E-state index in [0.29, 0.717) is 16.3 Å². The molecule has 1 amide bonds. The average molecular weight is 477 g/mol. The maximum atomic E-state index is 12.4. The van der Waals surface area contributed by atoms with Crippen molar-refractivity contribution in [2.24, 2.45) is 0 Å². The highest BCUT2D eigenvalue weighted by Gasteiger charge is 2.28. The summed E-state index contributed by atoms with van der Waals surface area (Å²) in [6.45, 7) is -1.30. The van der Waals surface area contributed by atoms with E-state index in [4.69, 9.17) is 17.0 Å². The Morgan fingerprint density at radius 3 is 2.64 bits per heavy atom. The lowest BCUT2D eigenvalue weighted by molar-refractivity contribution is -0.153. The van der Waals surface area contributed by atoms with Crippen molar-refractivity contribution in [1.82, 2.24) is 14.8 Å². The van der Waals surface area contributed by atoms with Crippen molar-refractivity contribution < 1.29 is 27.4 Å². The van der Waals surface area contributed by atoms with Crippen LogP contribution in [0.3, 0.4) is 0 Å². The maximum Gasteiger partial charge on any atom is 0.422 e. The van der Waals surface area contributed by atoms with Gasteiger partial charge in [0.2, 0.25) is 5.91 Å². The molecule has 2 N–H and O–H groups in total. The van der Waals surface area contributed by atoms with Gasteiger partial charge in [0, 0.05) is 24.2 Å². The SMILES string of the molecule is COc1ccc(-c2n[nH]c(=S)n2CCC(=O)Nc2ccc(OCC(F)(F)F)c(C#N)c2)cc1. The number of halogens is 3. The van der Waals surface area contributed by atoms with Crippen LogP contribution in [-0.2, 0) is 11.3 Å². The molecule has 2 aromatic carbocycles. The van der Waals surface area contributed by atoms with Gasteiger partial charge in [0.15, 0.2) is 17.2 Å². The third kappa shape index (κ3) is 6.33. The molecule has 0 saturated heterocycles. The Morgan fingerprint density at radius 1 is 1.27 bits per heavy atom. The van der Waals surface area contributed by atoms with E-state index in [1.165, 1.54) is 18.2 Å². The maximum absolute atomic E-state index is 12.4. The molecular formula is C21H18F3N5O3S. The first-order valence-electron chi connectivity index (χ1n) is 9.53. The van der Waals surface area contributed by atoms with Crippen molar-refractivity contribution in [1.29, 1.82) is 5.26 Å². The third-order valence-electron chi connectivity index (χ3n) is 4.44. The van der Waals surface area contributed by atoms with Gasteiger partial charge in [-0.05, 0) is 54.7 Å². The number of anilines is 1. The number of aromatic nitrogens is 3. The second kappa shape index (κ2) is 10.2. The molecule has 8 nitrogen and oxygen atoms in total. The standard InChI is InChI=1S/C21H18F3N5O3S/c1-31-16-5-2-13(3-6-16)19-27-28-20(33)29(19)9-8-18(30)26-15-4-7-17(14(10-15)11-25)32-12-21(22,23)24/h2-7,10H,8-9,12H2,1H3,(H,26,30)(H,28,33). The zero-order chi connectivity index (χ0) is 24.0. The lowest BCUT2D eigenvalue weighted by atomic mass is 10.2. The fourth-order valence-corrected chi connectivity index (χ4v) is 3.13. The summed E-state index contributed by atoms with van der Waals surface area (Å²) in [5.74, 6) is 0.632. The zero-order valence-electron chi connectivity index (χ0n) is 17.3. The predicted octanol–water partition coefficient (Wildman–Crippen LogP) is 4.46. The van der Waals surface area contributed by atoms with Crippen LogP contribution < -0.4 is 14.8 Å². The van der Waals surface area contributed by atoms with Gasteiger partial charge in [0.05, 0.1) is 12.7 Å². The van der Waals surface area contributed by atoms with Crippen LogP contribution in [-0.4, -0.2) is 40.6 Å². The zero-order valence-corrected chi connectivity index (χ0v) is 18.1. The van der Waals surface area contributed by atoms with E-state index in [1.54, 1.807) is 29.9 Å². The van der Waals surface area contributed by atoms with E-state index >= 15 is 0 Å². The number of methoxy groups -OCH3 is 1. The van der Waals surface area contributed by atoms with Gasteiger partial charge in [0.1, 0.15) is 17.6 Å². The number of H-pyrrole nitrogens is 1. The molecule has 0 atom stereocenters. The Morgan fingerprint density at radius 2 is 2.00 bits per heavy atom. The number of alkyl halides is 3. The largest absolute Gasteiger partial charge is 0.497 e. The lowest BCUT2D eigenvalue weighted by Gasteiger charge is -2.12. The van der Waals surface area contributed by atoms with Crippen molar-refractivity contribution in [3.05, 3.63) is 52.8 Å². The molecule has 12 heteroatoms. The molecule has 0 bridgehead atoms. The topological polar surface area (TPSA) is 105 Å². The Hall–Kier alpha value is -3.85. The van der Waals surface area contributed by atoms with Crippen molar-refractivity contribution in [2.75, 3.05) is 19.0 Å². The van der Waals surface area contributed by atoms with Crippen LogP contribution in [0.2, 0.25) is 0 Å². The number of rotatable bonds is 8. The number of nitrogens with one attached hydrogen (secondary N) is 2. The second-order valence-corrected chi connectivity index (χ2v) is 7.14. The Labute approximate surface area is 191 Å². The van der Waals surface area contributed by atoms with Gasteiger partial charge in [-0.1, -0.05) is 0 Å². The number of aromatic amines is 1. The van der Waals surface area contributed by atoms with Crippen molar-refractivity contribution in [2.45, 2.75) is 19.1 Å². The minimum atomic E-state index is -4.53. The molecule has 0 aliphatic heterocycles. The van der Waals surface area contributed by atoms with Gasteiger partial charge in [-0.3, -0.25) is 14.5 Å². The lowest BCUT2D eigenvalue weighted by Crippen LogP contribution is -2.19. The summed E-state index contributed by atoms with van der Waals surface area (Å²) < 4.78 is 48.8. The van der Waals surface area contributed by atoms with E-state index in [2.05, 4.69) is 20.3 Å². The number of hydrogen-bond acceptors (Lipinski definition) is 6. The van der Waals surface area contributed by atoms with E-state index < -0.39 is 12.8 Å². The number of nitrogens with zero attached hydrogens (tertiary/aromatic N) is 3. The number of nitriles is 1. The Kier molecular flexibility index (Phi) is 7.34. The molecule has 3 aromatic rings. The highest BCUT2D eigenvalue weighted by atomic mass is 32.1. The fraction of sp³-hybridized carbons (Fsp3) is 0.238. The monoisotopic (exact) mass is 477 g/mol. The van der Waals surface area contributed by atoms with Gasteiger partial charge in [-0.2, -0.15) is 23.5 Å². The molecule has 1 aromatic heterocycles. The van der Waals surface area contributed by atoms with Crippen molar-refractivity contribution >= 4 is 23.8 Å². The molecule has 33 heavy (non-hydrogen) atoms. The van der Waals surface area contributed by atoms with E-state index in [1.807, 2.05) is 12.1 Å². The Bertz CT molecular complexity index is 1230. The van der Waals surface area contributed by atoms with Crippen LogP contribution in [0.25, 0.3) is 11.4 Å². The van der Waals surface area contributed by atoms with E-state index in [9.17, 15) is 23.2 Å². The normalized spacial score (nSPS) is 11.0. The minimum Gasteiger partial charge on any atom is -0.497 e. The predicted molar refractivity (Wildman–Crippen MR) is 115 cm³/mol. The number of benzene rings is 2. The number of amides is 1. The van der Waals surface area contributed by atoms with Crippen molar-refractivity contribution in [3.8, 4) is 29.0 Å². The molecule has 0 aliphatic carbocycles. The van der Waals surface area contributed by atoms with Gasteiger partial charge >= 0.3 is 6.18 Å². The highest BCUT2D eigenvalue weighted by molar-refractivity contribution is 7.71. The summed E-state index contributed by atoms with van der Waals surface area (Å²) >= 11 is 5.26. The van der Waals surface area contributed by atoms with Crippen LogP contribution in [0.15, 0.2) is 42.5 Å². The van der Waals surface area contributed by atoms with Crippen LogP contribution in [0, 0.1) is 16.1 Å². The molecule has 3 rings (SSSR count). The number of ether oxygens (including phenoxy) is 2. The summed E-state index contributed by atoms with van der Waals surface area (Å²) in [4.78, 5) is 12.4. The molecule has 0 saturated carbocycles. The van der Waals surface area contributed by atoms with E-state index in [0.717, 1.165) is 5.56 Å². The summed E-state index contributed by atoms with van der Waals surface area (Å²) in [5, 5.41) is 18.7. The quantitative estimate of drug-likeness (QED) is 0.464. The van der Waals surface area contributed by atoms with Crippen LogP contribution in [0.1, 0.15) is 12.0 Å². The molecule has 0 spiro atoms. The highest BCUT2D eigenvalue weighted by Crippen LogP contribution is 2.25. The van der Waals surface area contributed by atoms with Crippen LogP contribution >= 0.6 is 12.2 Å². The molecule has 0 radical (unpaired) electrons. The third-order valence-corrected chi connectivity index (χ3v) is 4.76. The summed E-state index contributed by atoms with van der Waals surface area (Å²) in [5.41, 5.74) is 0.898. The molecule has 0 aliphatic rings.